The molecule has 0 radical (unpaired) electrons. The van der Waals surface area contributed by atoms with E-state index < -0.39 is 5.97 Å². The molecule has 1 aromatic carbocycles. The van der Waals surface area contributed by atoms with Crippen molar-refractivity contribution in [2.24, 2.45) is 5.92 Å². The number of benzene rings is 1. The molecule has 1 saturated heterocycles. The molecule has 4 nitrogen and oxygen atoms in total. The van der Waals surface area contributed by atoms with E-state index in [1.807, 2.05) is 12.1 Å². The van der Waals surface area contributed by atoms with Gasteiger partial charge in [-0.3, -0.25) is 4.90 Å². The molecule has 2 rings (SSSR count). The number of piperazine rings is 1. The molecule has 0 bridgehead atoms. The lowest BCUT2D eigenvalue weighted by atomic mass is 10.0. The lowest BCUT2D eigenvalue weighted by Gasteiger charge is -2.34. The number of nitrogens with zero attached hydrogens (tertiary/aromatic N) is 1. The Morgan fingerprint density at radius 3 is 2.70 bits per heavy atom. The van der Waals surface area contributed by atoms with E-state index in [9.17, 15) is 4.79 Å². The molecular weight excluding hydrogens is 252 g/mol. The molecule has 0 aliphatic carbocycles. The summed E-state index contributed by atoms with van der Waals surface area (Å²) in [4.78, 5) is 13.3. The molecule has 0 spiro atoms. The Morgan fingerprint density at radius 1 is 1.40 bits per heavy atom. The summed E-state index contributed by atoms with van der Waals surface area (Å²) in [6.45, 7) is 8.56. The van der Waals surface area contributed by atoms with Gasteiger partial charge in [0.25, 0.3) is 0 Å². The van der Waals surface area contributed by atoms with Crippen molar-refractivity contribution in [1.29, 1.82) is 0 Å². The van der Waals surface area contributed by atoms with Crippen molar-refractivity contribution in [2.45, 2.75) is 32.9 Å². The second-order valence-electron chi connectivity index (χ2n) is 6.02. The number of rotatable bonds is 5. The zero-order chi connectivity index (χ0) is 14.5. The minimum Gasteiger partial charge on any atom is -0.478 e. The van der Waals surface area contributed by atoms with Gasteiger partial charge in [-0.1, -0.05) is 26.0 Å². The van der Waals surface area contributed by atoms with Gasteiger partial charge in [-0.25, -0.2) is 4.79 Å². The first-order valence-corrected chi connectivity index (χ1v) is 7.32. The molecular formula is C16H24N2O2. The molecule has 0 unspecified atom stereocenters. The zero-order valence-electron chi connectivity index (χ0n) is 12.3. The van der Waals surface area contributed by atoms with Gasteiger partial charge in [0.05, 0.1) is 5.56 Å². The van der Waals surface area contributed by atoms with Crippen molar-refractivity contribution in [3.63, 3.8) is 0 Å². The summed E-state index contributed by atoms with van der Waals surface area (Å²) >= 11 is 0. The summed E-state index contributed by atoms with van der Waals surface area (Å²) in [7, 11) is 0. The average molecular weight is 276 g/mol. The maximum atomic E-state index is 10.8. The Morgan fingerprint density at radius 2 is 2.10 bits per heavy atom. The van der Waals surface area contributed by atoms with Gasteiger partial charge in [0.1, 0.15) is 0 Å². The standard InChI is InChI=1S/C16H24N2O2/c1-12(2)9-15-11-18(8-7-17-15)10-13-3-5-14(6-4-13)16(19)20/h3-6,12,15,17H,7-11H2,1-2H3,(H,19,20)/t15-/m0/s1. The normalized spacial score (nSPS) is 20.2. The first-order valence-electron chi connectivity index (χ1n) is 7.32. The van der Waals surface area contributed by atoms with Crippen LogP contribution in [0.1, 0.15) is 36.2 Å². The largest absolute Gasteiger partial charge is 0.478 e. The lowest BCUT2D eigenvalue weighted by Crippen LogP contribution is -2.50. The molecule has 0 amide bonds. The number of carboxylic acid groups (broad SMARTS) is 1. The van der Waals surface area contributed by atoms with Crippen LogP contribution in [0.3, 0.4) is 0 Å². The predicted octanol–water partition coefficient (Wildman–Crippen LogP) is 2.20. The topological polar surface area (TPSA) is 52.6 Å². The predicted molar refractivity (Wildman–Crippen MR) is 79.9 cm³/mol. The average Bonchev–Trinajstić information content (AvgIpc) is 2.39. The van der Waals surface area contributed by atoms with Gasteiger partial charge >= 0.3 is 5.97 Å². The first-order chi connectivity index (χ1) is 9.54. The number of carbonyl (C=O) groups is 1. The smallest absolute Gasteiger partial charge is 0.335 e. The Kier molecular flexibility index (Phi) is 5.15. The van der Waals surface area contributed by atoms with Crippen molar-refractivity contribution in [3.8, 4) is 0 Å². The molecule has 1 aliphatic rings. The number of nitrogens with one attached hydrogen (secondary N) is 1. The summed E-state index contributed by atoms with van der Waals surface area (Å²) in [6.07, 6.45) is 1.20. The molecule has 20 heavy (non-hydrogen) atoms. The van der Waals surface area contributed by atoms with E-state index in [0.717, 1.165) is 26.2 Å². The second-order valence-corrected chi connectivity index (χ2v) is 6.02. The number of aromatic carboxylic acids is 1. The highest BCUT2D eigenvalue weighted by Crippen LogP contribution is 2.13. The van der Waals surface area contributed by atoms with Crippen LogP contribution in [-0.2, 0) is 6.54 Å². The molecule has 1 fully saturated rings. The maximum absolute atomic E-state index is 10.8. The van der Waals surface area contributed by atoms with Gasteiger partial charge in [0.15, 0.2) is 0 Å². The zero-order valence-corrected chi connectivity index (χ0v) is 12.3. The minimum absolute atomic E-state index is 0.353. The second kappa shape index (κ2) is 6.86. The van der Waals surface area contributed by atoms with Gasteiger partial charge < -0.3 is 10.4 Å². The molecule has 0 aromatic heterocycles. The van der Waals surface area contributed by atoms with Crippen molar-refractivity contribution in [2.75, 3.05) is 19.6 Å². The Hall–Kier alpha value is -1.39. The van der Waals surface area contributed by atoms with E-state index in [1.165, 1.54) is 12.0 Å². The molecule has 110 valence electrons. The third-order valence-electron chi connectivity index (χ3n) is 3.70. The number of hydrogen-bond donors (Lipinski definition) is 2. The lowest BCUT2D eigenvalue weighted by molar-refractivity contribution is 0.0697. The quantitative estimate of drug-likeness (QED) is 0.865. The summed E-state index contributed by atoms with van der Waals surface area (Å²) in [5, 5.41) is 12.5. The van der Waals surface area contributed by atoms with E-state index in [2.05, 4.69) is 24.1 Å². The molecule has 0 saturated carbocycles. The van der Waals surface area contributed by atoms with Crippen LogP contribution in [0.5, 0.6) is 0 Å². The highest BCUT2D eigenvalue weighted by Gasteiger charge is 2.20. The van der Waals surface area contributed by atoms with Gasteiger partial charge in [-0.05, 0) is 30.0 Å². The number of hydrogen-bond acceptors (Lipinski definition) is 3. The fourth-order valence-corrected chi connectivity index (χ4v) is 2.78. The van der Waals surface area contributed by atoms with E-state index in [0.29, 0.717) is 17.5 Å². The van der Waals surface area contributed by atoms with Crippen LogP contribution in [0.15, 0.2) is 24.3 Å². The van der Waals surface area contributed by atoms with E-state index in [4.69, 9.17) is 5.11 Å². The molecule has 2 N–H and O–H groups in total. The van der Waals surface area contributed by atoms with Crippen LogP contribution in [0.2, 0.25) is 0 Å². The number of carboxylic acids is 1. The minimum atomic E-state index is -0.865. The van der Waals surface area contributed by atoms with E-state index in [-0.39, 0.29) is 0 Å². The highest BCUT2D eigenvalue weighted by atomic mass is 16.4. The third kappa shape index (κ3) is 4.32. The van der Waals surface area contributed by atoms with Crippen LogP contribution < -0.4 is 5.32 Å². The van der Waals surface area contributed by atoms with E-state index in [1.54, 1.807) is 12.1 Å². The van der Waals surface area contributed by atoms with Crippen molar-refractivity contribution in [3.05, 3.63) is 35.4 Å². The van der Waals surface area contributed by atoms with Crippen molar-refractivity contribution < 1.29 is 9.90 Å². The maximum Gasteiger partial charge on any atom is 0.335 e. The van der Waals surface area contributed by atoms with Gasteiger partial charge in [-0.15, -0.1) is 0 Å². The van der Waals surface area contributed by atoms with Crippen molar-refractivity contribution in [1.82, 2.24) is 10.2 Å². The fourth-order valence-electron chi connectivity index (χ4n) is 2.78. The Labute approximate surface area is 120 Å². The van der Waals surface area contributed by atoms with Crippen LogP contribution in [-0.4, -0.2) is 41.7 Å². The third-order valence-corrected chi connectivity index (χ3v) is 3.70. The SMILES string of the molecule is CC(C)C[C@H]1CN(Cc2ccc(C(=O)O)cc2)CCN1. The van der Waals surface area contributed by atoms with Gasteiger partial charge in [0, 0.05) is 32.2 Å². The summed E-state index contributed by atoms with van der Waals surface area (Å²) in [5.74, 6) is -0.155. The van der Waals surface area contributed by atoms with Gasteiger partial charge in [0.2, 0.25) is 0 Å². The Bertz CT molecular complexity index is 442. The van der Waals surface area contributed by atoms with Crippen LogP contribution >= 0.6 is 0 Å². The van der Waals surface area contributed by atoms with Crippen LogP contribution in [0.4, 0.5) is 0 Å². The molecule has 1 heterocycles. The monoisotopic (exact) mass is 276 g/mol. The fraction of sp³-hybridized carbons (Fsp3) is 0.562. The molecule has 1 aliphatic heterocycles. The van der Waals surface area contributed by atoms with Crippen LogP contribution in [0.25, 0.3) is 0 Å². The molecule has 1 atom stereocenters. The summed E-state index contributed by atoms with van der Waals surface area (Å²) in [5.41, 5.74) is 1.53. The summed E-state index contributed by atoms with van der Waals surface area (Å²) < 4.78 is 0. The summed E-state index contributed by atoms with van der Waals surface area (Å²) in [6, 6.07) is 7.78. The Balaban J connectivity index is 1.90. The highest BCUT2D eigenvalue weighted by molar-refractivity contribution is 5.87. The van der Waals surface area contributed by atoms with Crippen molar-refractivity contribution >= 4 is 5.97 Å². The first kappa shape index (κ1) is 15.0. The molecule has 4 heteroatoms. The van der Waals surface area contributed by atoms with E-state index >= 15 is 0 Å². The van der Waals surface area contributed by atoms with Crippen LogP contribution in [0, 0.1) is 5.92 Å². The molecule has 1 aromatic rings. The van der Waals surface area contributed by atoms with Gasteiger partial charge in [-0.2, -0.15) is 0 Å².